The Bertz CT molecular complexity index is 1050. The number of benzene rings is 2. The van der Waals surface area contributed by atoms with Crippen LogP contribution in [0.5, 0.6) is 0 Å². The molecule has 4 rings (SSSR count). The summed E-state index contributed by atoms with van der Waals surface area (Å²) in [6.45, 7) is 1.18. The maximum atomic E-state index is 13.2. The molecule has 2 atom stereocenters. The average Bonchev–Trinajstić information content (AvgIpc) is 3.17. The minimum Gasteiger partial charge on any atom is -0.368 e. The molecule has 9 heteroatoms. The molecule has 0 bridgehead atoms. The van der Waals surface area contributed by atoms with Crippen molar-refractivity contribution < 1.29 is 23.4 Å². The number of fused-ring (bicyclic) bond motifs is 1. The fourth-order valence-corrected chi connectivity index (χ4v) is 5.39. The first-order valence-corrected chi connectivity index (χ1v) is 10.6. The van der Waals surface area contributed by atoms with E-state index in [2.05, 4.69) is 0 Å². The van der Waals surface area contributed by atoms with Crippen molar-refractivity contribution in [1.29, 1.82) is 0 Å². The summed E-state index contributed by atoms with van der Waals surface area (Å²) < 4.78 is 26.7. The molecule has 1 unspecified atom stereocenters. The first-order valence-electron chi connectivity index (χ1n) is 8.80. The van der Waals surface area contributed by atoms with E-state index in [1.54, 1.807) is 6.07 Å². The van der Waals surface area contributed by atoms with Gasteiger partial charge in [0.2, 0.25) is 0 Å². The van der Waals surface area contributed by atoms with Gasteiger partial charge in [-0.2, -0.15) is 4.31 Å². The molecule has 1 fully saturated rings. The molecule has 1 aliphatic heterocycles. The monoisotopic (exact) mass is 422 g/mol. The molecular formula is C19H19ClN2O5S. The van der Waals surface area contributed by atoms with E-state index in [9.17, 15) is 23.4 Å². The number of nitrogens with zero attached hydrogens (tertiary/aromatic N) is 2. The van der Waals surface area contributed by atoms with E-state index >= 15 is 0 Å². The molecule has 0 radical (unpaired) electrons. The molecule has 28 heavy (non-hydrogen) atoms. The van der Waals surface area contributed by atoms with Gasteiger partial charge in [0, 0.05) is 10.7 Å². The number of amides is 2. The van der Waals surface area contributed by atoms with E-state index in [4.69, 9.17) is 11.6 Å². The number of halogens is 1. The van der Waals surface area contributed by atoms with Gasteiger partial charge in [-0.15, -0.1) is 0 Å². The second-order valence-electron chi connectivity index (χ2n) is 7.15. The van der Waals surface area contributed by atoms with E-state index in [-0.39, 0.29) is 10.6 Å². The third kappa shape index (κ3) is 2.79. The molecule has 2 aliphatic rings. The Hall–Kier alpha value is -2.13. The average molecular weight is 423 g/mol. The van der Waals surface area contributed by atoms with Gasteiger partial charge in [0.05, 0.1) is 4.90 Å². The summed E-state index contributed by atoms with van der Waals surface area (Å²) in [4.78, 5) is 13.7. The molecule has 1 saturated heterocycles. The molecule has 0 spiro atoms. The molecule has 7 nitrogen and oxygen atoms in total. The Kier molecular flexibility index (Phi) is 4.42. The van der Waals surface area contributed by atoms with Crippen LogP contribution in [0.3, 0.4) is 0 Å². The summed E-state index contributed by atoms with van der Waals surface area (Å²) in [7, 11) is -4.37. The standard InChI is InChI=1S/C19H19ClN2O5S/c1-19(25)17(23)22(18(24)21(19)15-8-6-14(20)7-9-15)28(26,27)16-10-5-12-3-2-4-13(12)11-16/h5-11,17,23,25H,2-4H2,1H3/t17?,19-/m1/s1. The SMILES string of the molecule is C[C@@]1(O)C(O)N(S(=O)(=O)c2ccc3c(c2)CCC3)C(=O)N1c1ccc(Cl)cc1. The van der Waals surface area contributed by atoms with Crippen molar-refractivity contribution >= 4 is 33.3 Å². The maximum absolute atomic E-state index is 13.2. The molecular weight excluding hydrogens is 404 g/mol. The van der Waals surface area contributed by atoms with Gasteiger partial charge in [-0.25, -0.2) is 13.2 Å². The molecule has 2 aromatic rings. The molecule has 2 amide bonds. The van der Waals surface area contributed by atoms with Crippen molar-refractivity contribution in [2.75, 3.05) is 4.90 Å². The summed E-state index contributed by atoms with van der Waals surface area (Å²) in [6, 6.07) is 9.60. The summed E-state index contributed by atoms with van der Waals surface area (Å²) in [5.74, 6) is 0. The highest BCUT2D eigenvalue weighted by molar-refractivity contribution is 7.89. The lowest BCUT2D eigenvalue weighted by molar-refractivity contribution is -0.0689. The van der Waals surface area contributed by atoms with Gasteiger partial charge in [-0.3, -0.25) is 4.90 Å². The Balaban J connectivity index is 1.77. The van der Waals surface area contributed by atoms with Crippen LogP contribution in [0.4, 0.5) is 10.5 Å². The minimum atomic E-state index is -4.37. The first kappa shape index (κ1) is 19.2. The zero-order valence-electron chi connectivity index (χ0n) is 15.0. The number of carbonyl (C=O) groups is 1. The number of carbonyl (C=O) groups excluding carboxylic acids is 1. The number of sulfonamides is 1. The third-order valence-electron chi connectivity index (χ3n) is 5.26. The molecule has 0 saturated carbocycles. The minimum absolute atomic E-state index is 0.0886. The van der Waals surface area contributed by atoms with Crippen molar-refractivity contribution in [1.82, 2.24) is 4.31 Å². The van der Waals surface area contributed by atoms with Gasteiger partial charge in [0.25, 0.3) is 10.0 Å². The van der Waals surface area contributed by atoms with Crippen LogP contribution in [-0.2, 0) is 22.9 Å². The van der Waals surface area contributed by atoms with Crippen LogP contribution in [0, 0.1) is 0 Å². The molecule has 0 aromatic heterocycles. The van der Waals surface area contributed by atoms with E-state index in [1.165, 1.54) is 43.3 Å². The Morgan fingerprint density at radius 2 is 1.75 bits per heavy atom. The zero-order chi connectivity index (χ0) is 20.3. The lowest BCUT2D eigenvalue weighted by Gasteiger charge is -2.30. The van der Waals surface area contributed by atoms with Crippen molar-refractivity contribution in [2.45, 2.75) is 43.0 Å². The number of rotatable bonds is 3. The van der Waals surface area contributed by atoms with Crippen LogP contribution < -0.4 is 4.90 Å². The van der Waals surface area contributed by atoms with Gasteiger partial charge in [-0.05, 0) is 73.7 Å². The number of hydrogen-bond donors (Lipinski definition) is 2. The molecule has 2 aromatic carbocycles. The first-order chi connectivity index (χ1) is 13.1. The van der Waals surface area contributed by atoms with Gasteiger partial charge in [0.15, 0.2) is 12.0 Å². The fraction of sp³-hybridized carbons (Fsp3) is 0.316. The van der Waals surface area contributed by atoms with Gasteiger partial charge in [-0.1, -0.05) is 17.7 Å². The predicted molar refractivity (Wildman–Crippen MR) is 103 cm³/mol. The number of hydrogen-bond acceptors (Lipinski definition) is 5. The lowest BCUT2D eigenvalue weighted by Crippen LogP contribution is -2.50. The Labute approximate surface area is 167 Å². The smallest absolute Gasteiger partial charge is 0.343 e. The third-order valence-corrected chi connectivity index (χ3v) is 7.23. The quantitative estimate of drug-likeness (QED) is 0.791. The Morgan fingerprint density at radius 3 is 2.43 bits per heavy atom. The number of aliphatic hydroxyl groups excluding tert-OH is 1. The van der Waals surface area contributed by atoms with E-state index in [0.29, 0.717) is 9.33 Å². The highest BCUT2D eigenvalue weighted by Gasteiger charge is 2.58. The van der Waals surface area contributed by atoms with E-state index in [1.807, 2.05) is 0 Å². The number of aryl methyl sites for hydroxylation is 2. The summed E-state index contributed by atoms with van der Waals surface area (Å²) >= 11 is 5.86. The largest absolute Gasteiger partial charge is 0.368 e. The second kappa shape index (κ2) is 6.45. The molecule has 148 valence electrons. The lowest BCUT2D eigenvalue weighted by atomic mass is 10.1. The van der Waals surface area contributed by atoms with E-state index < -0.39 is 28.0 Å². The van der Waals surface area contributed by atoms with Crippen LogP contribution in [0.25, 0.3) is 0 Å². The van der Waals surface area contributed by atoms with Gasteiger partial charge < -0.3 is 10.2 Å². The Morgan fingerprint density at radius 1 is 1.11 bits per heavy atom. The molecule has 1 heterocycles. The van der Waals surface area contributed by atoms with E-state index in [0.717, 1.165) is 35.3 Å². The van der Waals surface area contributed by atoms with Crippen LogP contribution >= 0.6 is 11.6 Å². The summed E-state index contributed by atoms with van der Waals surface area (Å²) in [6.07, 6.45) is 0.626. The topological polar surface area (TPSA) is 98.1 Å². The van der Waals surface area contributed by atoms with Crippen molar-refractivity contribution in [3.05, 3.63) is 58.6 Å². The van der Waals surface area contributed by atoms with Gasteiger partial charge >= 0.3 is 6.03 Å². The van der Waals surface area contributed by atoms with Crippen LogP contribution in [0.1, 0.15) is 24.5 Å². The van der Waals surface area contributed by atoms with Gasteiger partial charge in [0.1, 0.15) is 0 Å². The molecule has 2 N–H and O–H groups in total. The van der Waals surface area contributed by atoms with Crippen LogP contribution in [0.2, 0.25) is 5.02 Å². The van der Waals surface area contributed by atoms with Crippen molar-refractivity contribution in [3.8, 4) is 0 Å². The van der Waals surface area contributed by atoms with Crippen LogP contribution in [-0.4, -0.2) is 40.9 Å². The highest BCUT2D eigenvalue weighted by atomic mass is 35.5. The number of anilines is 1. The van der Waals surface area contributed by atoms with Crippen LogP contribution in [0.15, 0.2) is 47.4 Å². The predicted octanol–water partition coefficient (Wildman–Crippen LogP) is 2.49. The highest BCUT2D eigenvalue weighted by Crippen LogP contribution is 2.38. The summed E-state index contributed by atoms with van der Waals surface area (Å²) in [5, 5.41) is 21.8. The maximum Gasteiger partial charge on any atom is 0.343 e. The normalized spacial score (nSPS) is 24.7. The van der Waals surface area contributed by atoms with Crippen molar-refractivity contribution in [2.24, 2.45) is 0 Å². The van der Waals surface area contributed by atoms with Crippen molar-refractivity contribution in [3.63, 3.8) is 0 Å². The summed E-state index contributed by atoms with van der Waals surface area (Å²) in [5.41, 5.74) is 0.0602. The second-order valence-corrected chi connectivity index (χ2v) is 9.40. The number of aliphatic hydroxyl groups is 2. The zero-order valence-corrected chi connectivity index (χ0v) is 16.6. The molecule has 1 aliphatic carbocycles. The fourth-order valence-electron chi connectivity index (χ4n) is 3.75. The number of urea groups is 1.